The van der Waals surface area contributed by atoms with Gasteiger partial charge in [0.25, 0.3) is 5.91 Å². The molecule has 4 rings (SSSR count). The number of methoxy groups -OCH3 is 2. The van der Waals surface area contributed by atoms with Crippen LogP contribution < -0.4 is 9.47 Å². The molecule has 0 spiro atoms. The zero-order chi connectivity index (χ0) is 25.4. The Morgan fingerprint density at radius 1 is 1.11 bits per heavy atom. The number of likely N-dealkylation sites (N-methyl/N-ethyl adjacent to an activating group) is 1. The first-order valence-electron chi connectivity index (χ1n) is 10.7. The summed E-state index contributed by atoms with van der Waals surface area (Å²) >= 11 is 6.14. The van der Waals surface area contributed by atoms with E-state index >= 15 is 0 Å². The average Bonchev–Trinajstić information content (AvgIpc) is 3.35. The Balaban J connectivity index is 1.83. The highest BCUT2D eigenvalue weighted by molar-refractivity contribution is 6.31. The molecule has 1 unspecified atom stereocenters. The molecule has 10 heteroatoms. The van der Waals surface area contributed by atoms with E-state index in [1.165, 1.54) is 37.3 Å². The van der Waals surface area contributed by atoms with Crippen LogP contribution >= 0.6 is 11.6 Å². The van der Waals surface area contributed by atoms with Gasteiger partial charge in [0.1, 0.15) is 0 Å². The van der Waals surface area contributed by atoms with Crippen molar-refractivity contribution < 1.29 is 33.7 Å². The van der Waals surface area contributed by atoms with E-state index in [1.54, 1.807) is 18.2 Å². The Morgan fingerprint density at radius 2 is 1.83 bits per heavy atom. The molecular weight excluding hydrogens is 476 g/mol. The number of aliphatic hydroxyl groups is 1. The van der Waals surface area contributed by atoms with E-state index in [0.29, 0.717) is 33.8 Å². The lowest BCUT2D eigenvalue weighted by Crippen LogP contribution is -2.36. The fraction of sp³-hybridized carbons (Fsp3) is 0.280. The number of ether oxygens (including phenoxy) is 2. The second-order valence-electron chi connectivity index (χ2n) is 8.36. The van der Waals surface area contributed by atoms with E-state index in [2.05, 4.69) is 0 Å². The van der Waals surface area contributed by atoms with Crippen LogP contribution in [0.3, 0.4) is 0 Å². The number of nitrogens with zero attached hydrogens (tertiary/aromatic N) is 2. The number of aliphatic hydroxyl groups excluding tert-OH is 1. The first-order chi connectivity index (χ1) is 16.7. The number of benzene rings is 2. The van der Waals surface area contributed by atoms with E-state index < -0.39 is 23.5 Å². The van der Waals surface area contributed by atoms with Crippen LogP contribution in [0.25, 0.3) is 11.0 Å². The number of phenolic OH excluding ortho intramolecular Hbond substituents is 1. The van der Waals surface area contributed by atoms with E-state index in [-0.39, 0.29) is 29.4 Å². The number of amides is 1. The smallest absolute Gasteiger partial charge is 0.290 e. The van der Waals surface area contributed by atoms with Gasteiger partial charge in [0.2, 0.25) is 5.78 Å². The summed E-state index contributed by atoms with van der Waals surface area (Å²) in [4.78, 5) is 30.0. The number of rotatable bonds is 8. The van der Waals surface area contributed by atoms with Gasteiger partial charge in [-0.05, 0) is 43.9 Å². The van der Waals surface area contributed by atoms with Crippen LogP contribution in [0, 0.1) is 0 Å². The van der Waals surface area contributed by atoms with Crippen molar-refractivity contribution in [3.8, 4) is 17.2 Å². The second-order valence-corrected chi connectivity index (χ2v) is 8.80. The van der Waals surface area contributed by atoms with Crippen molar-refractivity contribution in [1.29, 1.82) is 0 Å². The molecule has 1 amide bonds. The highest BCUT2D eigenvalue weighted by Gasteiger charge is 2.44. The number of carbonyl (C=O) groups excluding carboxylic acids is 2. The van der Waals surface area contributed by atoms with Gasteiger partial charge in [-0.3, -0.25) is 9.59 Å². The monoisotopic (exact) mass is 500 g/mol. The number of ketones is 1. The summed E-state index contributed by atoms with van der Waals surface area (Å²) in [6.45, 7) is 0.715. The van der Waals surface area contributed by atoms with Crippen molar-refractivity contribution in [1.82, 2.24) is 9.80 Å². The number of carbonyl (C=O) groups is 2. The van der Waals surface area contributed by atoms with Crippen LogP contribution in [0.1, 0.15) is 22.2 Å². The topological polar surface area (TPSA) is 113 Å². The molecule has 1 aromatic heterocycles. The van der Waals surface area contributed by atoms with Crippen LogP contribution in [0.4, 0.5) is 0 Å². The standard InChI is InChI=1S/C25H25ClN2O7/c1-27(2)7-8-28-21(13-5-6-17(33-3)16(29)10-13)20(23(31)25(28)32)22(30)18-11-14-9-15(26)12-19(34-4)24(14)35-18/h5-6,9-12,21,29,31H,7-8H2,1-4H3. The molecule has 1 atom stereocenters. The van der Waals surface area contributed by atoms with Crippen LogP contribution in [-0.2, 0) is 4.79 Å². The molecule has 2 aromatic carbocycles. The molecule has 1 aliphatic heterocycles. The van der Waals surface area contributed by atoms with Gasteiger partial charge >= 0.3 is 0 Å². The molecule has 9 nitrogen and oxygen atoms in total. The summed E-state index contributed by atoms with van der Waals surface area (Å²) < 4.78 is 16.2. The largest absolute Gasteiger partial charge is 0.504 e. The summed E-state index contributed by atoms with van der Waals surface area (Å²) in [6, 6.07) is 8.29. The summed E-state index contributed by atoms with van der Waals surface area (Å²) in [5, 5.41) is 22.1. The van der Waals surface area contributed by atoms with Gasteiger partial charge in [0.15, 0.2) is 34.4 Å². The lowest BCUT2D eigenvalue weighted by molar-refractivity contribution is -0.129. The third-order valence-corrected chi connectivity index (χ3v) is 6.06. The minimum Gasteiger partial charge on any atom is -0.504 e. The fourth-order valence-corrected chi connectivity index (χ4v) is 4.35. The Labute approximate surface area is 206 Å². The number of hydrogen-bond acceptors (Lipinski definition) is 8. The van der Waals surface area contributed by atoms with Gasteiger partial charge in [-0.1, -0.05) is 17.7 Å². The highest BCUT2D eigenvalue weighted by Crippen LogP contribution is 2.42. The van der Waals surface area contributed by atoms with Gasteiger partial charge in [-0.2, -0.15) is 0 Å². The molecule has 0 radical (unpaired) electrons. The highest BCUT2D eigenvalue weighted by atomic mass is 35.5. The molecule has 0 saturated carbocycles. The summed E-state index contributed by atoms with van der Waals surface area (Å²) in [5.41, 5.74) is 0.592. The number of aromatic hydroxyl groups is 1. The maximum atomic E-state index is 13.7. The molecule has 2 N–H and O–H groups in total. The van der Waals surface area contributed by atoms with Crippen LogP contribution in [0.5, 0.6) is 17.2 Å². The summed E-state index contributed by atoms with van der Waals surface area (Å²) in [6.07, 6.45) is 0. The van der Waals surface area contributed by atoms with Crippen LogP contribution in [-0.4, -0.2) is 73.1 Å². The molecule has 2 heterocycles. The van der Waals surface area contributed by atoms with E-state index in [0.717, 1.165) is 0 Å². The third kappa shape index (κ3) is 4.40. The van der Waals surface area contributed by atoms with Crippen molar-refractivity contribution in [3.63, 3.8) is 0 Å². The van der Waals surface area contributed by atoms with Crippen LogP contribution in [0.2, 0.25) is 5.02 Å². The van der Waals surface area contributed by atoms with Crippen molar-refractivity contribution in [2.75, 3.05) is 41.4 Å². The lowest BCUT2D eigenvalue weighted by atomic mass is 9.94. The predicted octanol–water partition coefficient (Wildman–Crippen LogP) is 3.95. The van der Waals surface area contributed by atoms with E-state index in [1.807, 2.05) is 19.0 Å². The summed E-state index contributed by atoms with van der Waals surface area (Å²) in [7, 11) is 6.57. The molecule has 0 aliphatic carbocycles. The zero-order valence-electron chi connectivity index (χ0n) is 19.7. The van der Waals surface area contributed by atoms with Gasteiger partial charge in [-0.25, -0.2) is 0 Å². The molecule has 1 aliphatic rings. The van der Waals surface area contributed by atoms with Crippen molar-refractivity contribution in [2.24, 2.45) is 0 Å². The zero-order valence-corrected chi connectivity index (χ0v) is 20.4. The third-order valence-electron chi connectivity index (χ3n) is 5.85. The number of hydrogen-bond donors (Lipinski definition) is 2. The SMILES string of the molecule is COc1ccc(C2C(C(=O)c3cc4cc(Cl)cc(OC)c4o3)=C(O)C(=O)N2CCN(C)C)cc1O. The number of Topliss-reactive ketones (excluding diaryl/α,β-unsaturated/α-hetero) is 1. The molecule has 0 saturated heterocycles. The van der Waals surface area contributed by atoms with E-state index in [9.17, 15) is 19.8 Å². The maximum absolute atomic E-state index is 13.7. The maximum Gasteiger partial charge on any atom is 0.290 e. The number of phenols is 1. The predicted molar refractivity (Wildman–Crippen MR) is 129 cm³/mol. The fourth-order valence-electron chi connectivity index (χ4n) is 4.13. The first kappa shape index (κ1) is 24.4. The Morgan fingerprint density at radius 3 is 2.46 bits per heavy atom. The molecule has 35 heavy (non-hydrogen) atoms. The molecule has 184 valence electrons. The lowest BCUT2D eigenvalue weighted by Gasteiger charge is -2.28. The Hall–Kier alpha value is -3.69. The van der Waals surface area contributed by atoms with Gasteiger partial charge < -0.3 is 33.9 Å². The summed E-state index contributed by atoms with van der Waals surface area (Å²) in [5.74, 6) is -1.69. The molecule has 3 aromatic rings. The molecular formula is C25H25ClN2O7. The first-order valence-corrected chi connectivity index (χ1v) is 11.1. The number of fused-ring (bicyclic) bond motifs is 1. The molecule has 0 bridgehead atoms. The van der Waals surface area contributed by atoms with Gasteiger partial charge in [-0.15, -0.1) is 0 Å². The molecule has 0 fully saturated rings. The van der Waals surface area contributed by atoms with Crippen molar-refractivity contribution in [3.05, 3.63) is 64.1 Å². The van der Waals surface area contributed by atoms with Crippen molar-refractivity contribution in [2.45, 2.75) is 6.04 Å². The van der Waals surface area contributed by atoms with Crippen molar-refractivity contribution >= 4 is 34.3 Å². The average molecular weight is 501 g/mol. The van der Waals surface area contributed by atoms with Crippen LogP contribution in [0.15, 0.2) is 52.1 Å². The van der Waals surface area contributed by atoms with Gasteiger partial charge in [0.05, 0.1) is 25.8 Å². The van der Waals surface area contributed by atoms with E-state index in [4.69, 9.17) is 25.5 Å². The Kier molecular flexibility index (Phi) is 6.64. The number of halogens is 1. The minimum atomic E-state index is -0.953. The number of furan rings is 1. The normalized spacial score (nSPS) is 16.0. The van der Waals surface area contributed by atoms with Gasteiger partial charge in [0, 0.05) is 29.6 Å². The quantitative estimate of drug-likeness (QED) is 0.447. The minimum absolute atomic E-state index is 0.0906. The second kappa shape index (κ2) is 9.52. The Bertz CT molecular complexity index is 1350.